The van der Waals surface area contributed by atoms with Crippen LogP contribution in [0.25, 0.3) is 0 Å². The molecule has 1 heterocycles. The van der Waals surface area contributed by atoms with E-state index in [1.165, 1.54) is 20.3 Å². The fourth-order valence-corrected chi connectivity index (χ4v) is 4.86. The standard InChI is InChI=1S/C20H22N2O6S/c1-27-17-11-16(22-20(24)14-8-9-29(25,26)12-14)18(28-2)10-15(17)21-19(23)13-6-4-3-5-7-13/h3-7,10-11,14H,8-9,12H2,1-2H3,(H,21,23)(H,22,24)/t14-/m1/s1. The molecule has 1 aliphatic heterocycles. The molecule has 1 fully saturated rings. The number of methoxy groups -OCH3 is 2. The molecule has 8 nitrogen and oxygen atoms in total. The molecule has 9 heteroatoms. The smallest absolute Gasteiger partial charge is 0.255 e. The number of carbonyl (C=O) groups excluding carboxylic acids is 2. The van der Waals surface area contributed by atoms with E-state index >= 15 is 0 Å². The van der Waals surface area contributed by atoms with Crippen molar-refractivity contribution in [3.8, 4) is 11.5 Å². The molecule has 1 atom stereocenters. The minimum Gasteiger partial charge on any atom is -0.494 e. The maximum absolute atomic E-state index is 12.5. The van der Waals surface area contributed by atoms with Gasteiger partial charge in [-0.15, -0.1) is 0 Å². The second-order valence-electron chi connectivity index (χ2n) is 6.66. The van der Waals surface area contributed by atoms with Crippen LogP contribution in [-0.4, -0.2) is 46.0 Å². The third-order valence-corrected chi connectivity index (χ3v) is 6.43. The molecule has 0 spiro atoms. The second-order valence-corrected chi connectivity index (χ2v) is 8.89. The Morgan fingerprint density at radius 3 is 2.07 bits per heavy atom. The molecule has 2 N–H and O–H groups in total. The number of rotatable bonds is 6. The lowest BCUT2D eigenvalue weighted by Gasteiger charge is -2.17. The Hall–Kier alpha value is -3.07. The van der Waals surface area contributed by atoms with Crippen molar-refractivity contribution >= 4 is 33.0 Å². The van der Waals surface area contributed by atoms with Gasteiger partial charge >= 0.3 is 0 Å². The molecule has 2 aromatic carbocycles. The van der Waals surface area contributed by atoms with Crippen LogP contribution in [0.3, 0.4) is 0 Å². The van der Waals surface area contributed by atoms with Crippen LogP contribution in [0.15, 0.2) is 42.5 Å². The molecular formula is C20H22N2O6S. The molecule has 29 heavy (non-hydrogen) atoms. The van der Waals surface area contributed by atoms with Crippen LogP contribution in [-0.2, 0) is 14.6 Å². The maximum Gasteiger partial charge on any atom is 0.255 e. The first kappa shape index (κ1) is 20.7. The summed E-state index contributed by atoms with van der Waals surface area (Å²) in [6.45, 7) is 0. The fourth-order valence-electron chi connectivity index (χ4n) is 3.11. The van der Waals surface area contributed by atoms with Crippen LogP contribution in [0.4, 0.5) is 11.4 Å². The zero-order chi connectivity index (χ0) is 21.0. The highest BCUT2D eigenvalue weighted by molar-refractivity contribution is 7.91. The molecule has 1 aliphatic rings. The van der Waals surface area contributed by atoms with Crippen LogP contribution < -0.4 is 20.1 Å². The Bertz CT molecular complexity index is 1020. The quantitative estimate of drug-likeness (QED) is 0.745. The summed E-state index contributed by atoms with van der Waals surface area (Å²) in [4.78, 5) is 24.9. The van der Waals surface area contributed by atoms with E-state index in [0.717, 1.165) is 0 Å². The van der Waals surface area contributed by atoms with Crippen LogP contribution in [0, 0.1) is 5.92 Å². The summed E-state index contributed by atoms with van der Waals surface area (Å²) >= 11 is 0. The lowest BCUT2D eigenvalue weighted by atomic mass is 10.1. The van der Waals surface area contributed by atoms with Crippen molar-refractivity contribution in [1.82, 2.24) is 0 Å². The summed E-state index contributed by atoms with van der Waals surface area (Å²) in [6.07, 6.45) is 0.291. The zero-order valence-corrected chi connectivity index (χ0v) is 16.9. The van der Waals surface area contributed by atoms with Gasteiger partial charge in [0.25, 0.3) is 5.91 Å². The summed E-state index contributed by atoms with van der Waals surface area (Å²) in [5, 5.41) is 5.47. The Morgan fingerprint density at radius 1 is 0.966 bits per heavy atom. The zero-order valence-electron chi connectivity index (χ0n) is 16.1. The monoisotopic (exact) mass is 418 g/mol. The van der Waals surface area contributed by atoms with Gasteiger partial charge in [0.05, 0.1) is 43.0 Å². The lowest BCUT2D eigenvalue weighted by molar-refractivity contribution is -0.119. The van der Waals surface area contributed by atoms with Crippen molar-refractivity contribution < 1.29 is 27.5 Å². The first-order chi connectivity index (χ1) is 13.8. The van der Waals surface area contributed by atoms with Crippen LogP contribution in [0.5, 0.6) is 11.5 Å². The van der Waals surface area contributed by atoms with E-state index in [4.69, 9.17) is 9.47 Å². The van der Waals surface area contributed by atoms with Gasteiger partial charge in [0.2, 0.25) is 5.91 Å². The van der Waals surface area contributed by atoms with E-state index in [0.29, 0.717) is 34.9 Å². The van der Waals surface area contributed by atoms with Crippen molar-refractivity contribution in [2.45, 2.75) is 6.42 Å². The number of sulfone groups is 1. The highest BCUT2D eigenvalue weighted by Gasteiger charge is 2.33. The number of ether oxygens (including phenoxy) is 2. The van der Waals surface area contributed by atoms with Crippen molar-refractivity contribution in [3.63, 3.8) is 0 Å². The third-order valence-electron chi connectivity index (χ3n) is 4.67. The van der Waals surface area contributed by atoms with Crippen molar-refractivity contribution in [1.29, 1.82) is 0 Å². The SMILES string of the molecule is COc1cc(NC(=O)[C@@H]2CCS(=O)(=O)C2)c(OC)cc1NC(=O)c1ccccc1. The summed E-state index contributed by atoms with van der Waals surface area (Å²) in [6, 6.07) is 11.8. The predicted octanol–water partition coefficient (Wildman–Crippen LogP) is 2.33. The number of amides is 2. The minimum atomic E-state index is -3.17. The normalized spacial score (nSPS) is 17.4. The Morgan fingerprint density at radius 2 is 1.55 bits per heavy atom. The Labute approximate surface area is 169 Å². The van der Waals surface area contributed by atoms with Gasteiger partial charge in [-0.1, -0.05) is 18.2 Å². The van der Waals surface area contributed by atoms with Gasteiger partial charge in [-0.25, -0.2) is 8.42 Å². The molecule has 0 saturated carbocycles. The van der Waals surface area contributed by atoms with Gasteiger partial charge < -0.3 is 20.1 Å². The number of benzene rings is 2. The topological polar surface area (TPSA) is 111 Å². The molecule has 0 radical (unpaired) electrons. The molecule has 0 aromatic heterocycles. The number of anilines is 2. The van der Waals surface area contributed by atoms with E-state index in [2.05, 4.69) is 10.6 Å². The number of nitrogens with one attached hydrogen (secondary N) is 2. The lowest BCUT2D eigenvalue weighted by Crippen LogP contribution is -2.24. The van der Waals surface area contributed by atoms with Gasteiger partial charge in [-0.3, -0.25) is 9.59 Å². The van der Waals surface area contributed by atoms with E-state index in [1.807, 2.05) is 6.07 Å². The third kappa shape index (κ3) is 4.86. The van der Waals surface area contributed by atoms with E-state index in [1.54, 1.807) is 30.3 Å². The Balaban J connectivity index is 1.82. The van der Waals surface area contributed by atoms with Crippen molar-refractivity contribution in [2.75, 3.05) is 36.4 Å². The van der Waals surface area contributed by atoms with Gasteiger partial charge in [-0.2, -0.15) is 0 Å². The van der Waals surface area contributed by atoms with Crippen LogP contribution in [0.2, 0.25) is 0 Å². The molecule has 1 saturated heterocycles. The molecule has 154 valence electrons. The van der Waals surface area contributed by atoms with Crippen LogP contribution >= 0.6 is 0 Å². The highest BCUT2D eigenvalue weighted by atomic mass is 32.2. The molecule has 0 bridgehead atoms. The number of hydrogen-bond acceptors (Lipinski definition) is 6. The highest BCUT2D eigenvalue weighted by Crippen LogP contribution is 2.37. The van der Waals surface area contributed by atoms with Gasteiger partial charge in [0.1, 0.15) is 11.5 Å². The van der Waals surface area contributed by atoms with E-state index in [9.17, 15) is 18.0 Å². The largest absolute Gasteiger partial charge is 0.494 e. The summed E-state index contributed by atoms with van der Waals surface area (Å²) in [7, 11) is -0.302. The summed E-state index contributed by atoms with van der Waals surface area (Å²) in [5.74, 6) is -0.841. The molecule has 0 unspecified atom stereocenters. The van der Waals surface area contributed by atoms with Gasteiger partial charge in [0.15, 0.2) is 9.84 Å². The minimum absolute atomic E-state index is 0.00992. The molecule has 2 amide bonds. The average Bonchev–Trinajstić information content (AvgIpc) is 3.09. The first-order valence-corrected chi connectivity index (χ1v) is 10.8. The van der Waals surface area contributed by atoms with Crippen LogP contribution in [0.1, 0.15) is 16.8 Å². The van der Waals surface area contributed by atoms with Gasteiger partial charge in [-0.05, 0) is 18.6 Å². The summed E-state index contributed by atoms with van der Waals surface area (Å²) in [5.41, 5.74) is 1.18. The summed E-state index contributed by atoms with van der Waals surface area (Å²) < 4.78 is 33.9. The fraction of sp³-hybridized carbons (Fsp3) is 0.300. The average molecular weight is 418 g/mol. The molecule has 2 aromatic rings. The molecule has 3 rings (SSSR count). The second kappa shape index (κ2) is 8.52. The molecular weight excluding hydrogens is 396 g/mol. The maximum atomic E-state index is 12.5. The first-order valence-electron chi connectivity index (χ1n) is 8.96. The van der Waals surface area contributed by atoms with Crippen molar-refractivity contribution in [3.05, 3.63) is 48.0 Å². The van der Waals surface area contributed by atoms with Crippen molar-refractivity contribution in [2.24, 2.45) is 5.92 Å². The number of hydrogen-bond donors (Lipinski definition) is 2. The van der Waals surface area contributed by atoms with Gasteiger partial charge in [0, 0.05) is 17.7 Å². The van der Waals surface area contributed by atoms with E-state index < -0.39 is 21.7 Å². The Kier molecular flexibility index (Phi) is 6.07. The molecule has 0 aliphatic carbocycles. The van der Waals surface area contributed by atoms with E-state index in [-0.39, 0.29) is 17.4 Å². The number of carbonyl (C=O) groups is 2. The predicted molar refractivity (Wildman–Crippen MR) is 109 cm³/mol.